The van der Waals surface area contributed by atoms with Crippen molar-refractivity contribution in [3.05, 3.63) is 54.2 Å². The van der Waals surface area contributed by atoms with Crippen molar-refractivity contribution in [2.45, 2.75) is 18.7 Å². The van der Waals surface area contributed by atoms with Gasteiger partial charge < -0.3 is 10.1 Å². The van der Waals surface area contributed by atoms with Crippen LogP contribution in [0.1, 0.15) is 11.1 Å². The van der Waals surface area contributed by atoms with E-state index in [4.69, 9.17) is 4.74 Å². The van der Waals surface area contributed by atoms with Gasteiger partial charge in [-0.3, -0.25) is 4.72 Å². The van der Waals surface area contributed by atoms with Crippen LogP contribution in [0.4, 0.5) is 11.5 Å². The summed E-state index contributed by atoms with van der Waals surface area (Å²) in [6.07, 6.45) is 3.18. The van der Waals surface area contributed by atoms with Gasteiger partial charge in [-0.15, -0.1) is 6.58 Å². The predicted molar refractivity (Wildman–Crippen MR) is 96.2 cm³/mol. The highest BCUT2D eigenvalue weighted by atomic mass is 32.2. The number of benzene rings is 1. The summed E-state index contributed by atoms with van der Waals surface area (Å²) in [6, 6.07) is 6.67. The summed E-state index contributed by atoms with van der Waals surface area (Å²) in [5.74, 6) is 1.31. The van der Waals surface area contributed by atoms with Gasteiger partial charge >= 0.3 is 0 Å². The van der Waals surface area contributed by atoms with Crippen molar-refractivity contribution in [2.24, 2.45) is 0 Å². The Morgan fingerprint density at radius 3 is 2.58 bits per heavy atom. The highest BCUT2D eigenvalue weighted by molar-refractivity contribution is 7.92. The molecule has 0 aliphatic heterocycles. The maximum atomic E-state index is 12.6. The van der Waals surface area contributed by atoms with Crippen LogP contribution in [0.2, 0.25) is 0 Å². The molecule has 0 saturated heterocycles. The van der Waals surface area contributed by atoms with E-state index in [-0.39, 0.29) is 4.90 Å². The average Bonchev–Trinajstić information content (AvgIpc) is 2.55. The van der Waals surface area contributed by atoms with Gasteiger partial charge in [-0.25, -0.2) is 13.4 Å². The second-order valence-electron chi connectivity index (χ2n) is 5.29. The summed E-state index contributed by atoms with van der Waals surface area (Å²) in [7, 11) is -2.15. The van der Waals surface area contributed by atoms with Crippen LogP contribution in [0, 0.1) is 13.8 Å². The fraction of sp³-hybridized carbons (Fsp3) is 0.235. The quantitative estimate of drug-likeness (QED) is 0.752. The number of nitrogens with zero attached hydrogens (tertiary/aromatic N) is 1. The molecule has 2 N–H and O–H groups in total. The molecule has 7 heteroatoms. The molecule has 1 heterocycles. The summed E-state index contributed by atoms with van der Waals surface area (Å²) in [4.78, 5) is 4.37. The van der Waals surface area contributed by atoms with Crippen LogP contribution < -0.4 is 14.8 Å². The van der Waals surface area contributed by atoms with Crippen LogP contribution in [0.25, 0.3) is 0 Å². The van der Waals surface area contributed by atoms with Gasteiger partial charge in [0.15, 0.2) is 0 Å². The zero-order valence-corrected chi connectivity index (χ0v) is 14.8. The van der Waals surface area contributed by atoms with Gasteiger partial charge in [-0.1, -0.05) is 6.08 Å². The molecule has 0 saturated carbocycles. The fourth-order valence-corrected chi connectivity index (χ4v) is 3.57. The van der Waals surface area contributed by atoms with Crippen LogP contribution in [0.3, 0.4) is 0 Å². The average molecular weight is 347 g/mol. The van der Waals surface area contributed by atoms with E-state index in [1.165, 1.54) is 6.20 Å². The number of hydrogen-bond donors (Lipinski definition) is 2. The van der Waals surface area contributed by atoms with Gasteiger partial charge in [-0.05, 0) is 49.2 Å². The highest BCUT2D eigenvalue weighted by Gasteiger charge is 2.19. The number of pyridine rings is 1. The lowest BCUT2D eigenvalue weighted by Crippen LogP contribution is -2.15. The van der Waals surface area contributed by atoms with Crippen LogP contribution >= 0.6 is 0 Å². The standard InChI is InChI=1S/C17H21N3O3S/c1-5-8-18-17-7-6-14(11-19-17)20-24(21,22)16-10-12(2)15(23-4)9-13(16)3/h5-7,9-11,20H,1,8H2,2-4H3,(H,18,19). The van der Waals surface area contributed by atoms with Crippen LogP contribution in [0.5, 0.6) is 5.75 Å². The molecule has 0 spiro atoms. The third-order valence-electron chi connectivity index (χ3n) is 3.43. The van der Waals surface area contributed by atoms with E-state index in [1.54, 1.807) is 51.3 Å². The monoisotopic (exact) mass is 347 g/mol. The third-order valence-corrected chi connectivity index (χ3v) is 4.95. The van der Waals surface area contributed by atoms with Crippen molar-refractivity contribution >= 4 is 21.5 Å². The minimum Gasteiger partial charge on any atom is -0.496 e. The largest absolute Gasteiger partial charge is 0.496 e. The van der Waals surface area contributed by atoms with Gasteiger partial charge in [0, 0.05) is 6.54 Å². The van der Waals surface area contributed by atoms with Crippen molar-refractivity contribution < 1.29 is 13.2 Å². The molecule has 6 nitrogen and oxygen atoms in total. The van der Waals surface area contributed by atoms with Gasteiger partial charge in [0.05, 0.1) is 23.9 Å². The lowest BCUT2D eigenvalue weighted by Gasteiger charge is -2.13. The van der Waals surface area contributed by atoms with E-state index >= 15 is 0 Å². The second kappa shape index (κ2) is 7.35. The molecule has 0 atom stereocenters. The molecule has 0 unspecified atom stereocenters. The minimum atomic E-state index is -3.70. The molecule has 1 aromatic carbocycles. The number of aryl methyl sites for hydroxylation is 2. The third kappa shape index (κ3) is 4.05. The molecular weight excluding hydrogens is 326 g/mol. The van der Waals surface area contributed by atoms with Crippen LogP contribution in [0.15, 0.2) is 48.0 Å². The molecule has 0 fully saturated rings. The van der Waals surface area contributed by atoms with Crippen molar-refractivity contribution in [3.63, 3.8) is 0 Å². The van der Waals surface area contributed by atoms with Crippen LogP contribution in [-0.4, -0.2) is 27.1 Å². The maximum absolute atomic E-state index is 12.6. The zero-order valence-electron chi connectivity index (χ0n) is 14.0. The number of nitrogens with one attached hydrogen (secondary N) is 2. The van der Waals surface area contributed by atoms with E-state index in [9.17, 15) is 8.42 Å². The van der Waals surface area contributed by atoms with Crippen LogP contribution in [-0.2, 0) is 10.0 Å². The molecule has 128 valence electrons. The zero-order chi connectivity index (χ0) is 17.7. The minimum absolute atomic E-state index is 0.217. The first-order valence-corrected chi connectivity index (χ1v) is 8.84. The van der Waals surface area contributed by atoms with Crippen molar-refractivity contribution in [1.29, 1.82) is 0 Å². The SMILES string of the molecule is C=CCNc1ccc(NS(=O)(=O)c2cc(C)c(OC)cc2C)cn1. The van der Waals surface area contributed by atoms with Gasteiger partial charge in [-0.2, -0.15) is 0 Å². The van der Waals surface area contributed by atoms with Crippen molar-refractivity contribution in [3.8, 4) is 5.75 Å². The van der Waals surface area contributed by atoms with E-state index in [2.05, 4.69) is 21.6 Å². The summed E-state index contributed by atoms with van der Waals surface area (Å²) in [6.45, 7) is 7.74. The van der Waals surface area contributed by atoms with Crippen molar-refractivity contribution in [1.82, 2.24) is 4.98 Å². The Morgan fingerprint density at radius 1 is 1.25 bits per heavy atom. The Kier molecular flexibility index (Phi) is 5.46. The fourth-order valence-electron chi connectivity index (χ4n) is 2.22. The number of sulfonamides is 1. The molecule has 1 aromatic heterocycles. The first-order valence-electron chi connectivity index (χ1n) is 7.36. The number of rotatable bonds is 7. The molecule has 0 aliphatic carbocycles. The smallest absolute Gasteiger partial charge is 0.262 e. The van der Waals surface area contributed by atoms with Gasteiger partial charge in [0.2, 0.25) is 0 Å². The number of aromatic nitrogens is 1. The van der Waals surface area contributed by atoms with Gasteiger partial charge in [0.25, 0.3) is 10.0 Å². The second-order valence-corrected chi connectivity index (χ2v) is 6.95. The molecule has 0 bridgehead atoms. The Labute approximate surface area is 142 Å². The Hall–Kier alpha value is -2.54. The summed E-state index contributed by atoms with van der Waals surface area (Å²) in [5.41, 5.74) is 1.76. The van der Waals surface area contributed by atoms with Gasteiger partial charge in [0.1, 0.15) is 11.6 Å². The summed E-state index contributed by atoms with van der Waals surface area (Å²) < 4.78 is 33.0. The van der Waals surface area contributed by atoms with E-state index < -0.39 is 10.0 Å². The number of methoxy groups -OCH3 is 1. The normalized spacial score (nSPS) is 11.0. The van der Waals surface area contributed by atoms with E-state index in [0.29, 0.717) is 29.4 Å². The Morgan fingerprint density at radius 2 is 2.00 bits per heavy atom. The highest BCUT2D eigenvalue weighted by Crippen LogP contribution is 2.27. The first kappa shape index (κ1) is 17.8. The number of hydrogen-bond acceptors (Lipinski definition) is 5. The summed E-state index contributed by atoms with van der Waals surface area (Å²) in [5, 5.41) is 3.03. The molecule has 2 aromatic rings. The maximum Gasteiger partial charge on any atom is 0.262 e. The lowest BCUT2D eigenvalue weighted by molar-refractivity contribution is 0.411. The number of anilines is 2. The van der Waals surface area contributed by atoms with E-state index in [0.717, 1.165) is 5.56 Å². The molecule has 0 aliphatic rings. The molecular formula is C17H21N3O3S. The van der Waals surface area contributed by atoms with E-state index in [1.807, 2.05) is 0 Å². The number of ether oxygens (including phenoxy) is 1. The lowest BCUT2D eigenvalue weighted by atomic mass is 10.1. The Bertz CT molecular complexity index is 831. The summed E-state index contributed by atoms with van der Waals surface area (Å²) >= 11 is 0. The molecule has 0 radical (unpaired) electrons. The van der Waals surface area contributed by atoms with Crippen molar-refractivity contribution in [2.75, 3.05) is 23.7 Å². The molecule has 24 heavy (non-hydrogen) atoms. The Balaban J connectivity index is 2.25. The topological polar surface area (TPSA) is 80.3 Å². The predicted octanol–water partition coefficient (Wildman–Crippen LogP) is 3.11. The first-order chi connectivity index (χ1) is 11.4. The molecule has 0 amide bonds. The molecule has 2 rings (SSSR count).